The summed E-state index contributed by atoms with van der Waals surface area (Å²) in [6, 6.07) is 0. The van der Waals surface area contributed by atoms with E-state index in [0.29, 0.717) is 0 Å². The van der Waals surface area contributed by atoms with Gasteiger partial charge in [-0.2, -0.15) is 0 Å². The Morgan fingerprint density at radius 3 is 1.75 bits per heavy atom. The number of hydrogen-bond donors (Lipinski definition) is 0. The third kappa shape index (κ3) is 3.42. The van der Waals surface area contributed by atoms with Gasteiger partial charge in [-0.25, -0.2) is 0 Å². The summed E-state index contributed by atoms with van der Waals surface area (Å²) in [6.45, 7) is 20.5. The zero-order chi connectivity index (χ0) is 15.7. The number of aromatic nitrogens is 1. The average molecular weight is 275 g/mol. The number of rotatable bonds is 3. The van der Waals surface area contributed by atoms with Gasteiger partial charge in [0.15, 0.2) is 0 Å². The first kappa shape index (κ1) is 17.2. The lowest BCUT2D eigenvalue weighted by atomic mass is 9.76. The van der Waals surface area contributed by atoms with E-state index in [9.17, 15) is 0 Å². The molecule has 1 heteroatoms. The maximum atomic E-state index is 5.04. The van der Waals surface area contributed by atoms with E-state index in [1.807, 2.05) is 0 Å². The predicted molar refractivity (Wildman–Crippen MR) is 89.7 cm³/mol. The van der Waals surface area contributed by atoms with Crippen LogP contribution in [0, 0.1) is 6.92 Å². The molecule has 1 aromatic heterocycles. The molecule has 114 valence electrons. The van der Waals surface area contributed by atoms with E-state index in [2.05, 4.69) is 62.3 Å². The van der Waals surface area contributed by atoms with E-state index in [0.717, 1.165) is 12.8 Å². The molecular weight excluding hydrogens is 242 g/mol. The summed E-state index contributed by atoms with van der Waals surface area (Å²) in [5.74, 6) is 0. The van der Waals surface area contributed by atoms with Gasteiger partial charge < -0.3 is 0 Å². The van der Waals surface area contributed by atoms with E-state index in [4.69, 9.17) is 4.98 Å². The van der Waals surface area contributed by atoms with Crippen molar-refractivity contribution >= 4 is 0 Å². The molecule has 1 heterocycles. The molecular formula is C19H33N. The third-order valence-electron chi connectivity index (χ3n) is 3.91. The summed E-state index contributed by atoms with van der Waals surface area (Å²) < 4.78 is 0. The first-order valence-corrected chi connectivity index (χ1v) is 8.07. The highest BCUT2D eigenvalue weighted by Crippen LogP contribution is 2.36. The number of hydrogen-bond acceptors (Lipinski definition) is 1. The molecule has 0 saturated carbocycles. The van der Waals surface area contributed by atoms with E-state index < -0.39 is 0 Å². The van der Waals surface area contributed by atoms with Crippen LogP contribution in [0.5, 0.6) is 0 Å². The minimum atomic E-state index is 0.121. The van der Waals surface area contributed by atoms with Crippen LogP contribution in [0.15, 0.2) is 0 Å². The van der Waals surface area contributed by atoms with Gasteiger partial charge in [-0.15, -0.1) is 0 Å². The molecule has 0 aromatic carbocycles. The van der Waals surface area contributed by atoms with Crippen molar-refractivity contribution in [3.8, 4) is 0 Å². The molecule has 20 heavy (non-hydrogen) atoms. The fourth-order valence-electron chi connectivity index (χ4n) is 3.33. The Morgan fingerprint density at radius 2 is 1.40 bits per heavy atom. The van der Waals surface area contributed by atoms with Crippen molar-refractivity contribution < 1.29 is 0 Å². The normalized spacial score (nSPS) is 12.8. The highest BCUT2D eigenvalue weighted by atomic mass is 14.7. The number of nitrogens with zero attached hydrogens (tertiary/aromatic N) is 1. The summed E-state index contributed by atoms with van der Waals surface area (Å²) in [5, 5.41) is 0. The van der Waals surface area contributed by atoms with Gasteiger partial charge in [-0.05, 0) is 41.9 Å². The quantitative estimate of drug-likeness (QED) is 0.709. The highest BCUT2D eigenvalue weighted by Gasteiger charge is 2.28. The van der Waals surface area contributed by atoms with E-state index in [1.165, 1.54) is 28.9 Å². The minimum Gasteiger partial charge on any atom is -0.257 e. The Bertz CT molecular complexity index is 470. The van der Waals surface area contributed by atoms with Crippen molar-refractivity contribution in [2.45, 2.75) is 92.4 Å². The molecule has 0 amide bonds. The van der Waals surface area contributed by atoms with Crippen LogP contribution in [-0.4, -0.2) is 4.98 Å². The molecule has 0 unspecified atom stereocenters. The van der Waals surface area contributed by atoms with Crippen LogP contribution in [0.1, 0.15) is 89.9 Å². The van der Waals surface area contributed by atoms with Crippen LogP contribution >= 0.6 is 0 Å². The van der Waals surface area contributed by atoms with Gasteiger partial charge in [-0.1, -0.05) is 61.8 Å². The summed E-state index contributed by atoms with van der Waals surface area (Å²) in [7, 11) is 0. The largest absolute Gasteiger partial charge is 0.257 e. The lowest BCUT2D eigenvalue weighted by Crippen LogP contribution is -2.25. The van der Waals surface area contributed by atoms with Gasteiger partial charge in [0.2, 0.25) is 0 Å². The Morgan fingerprint density at radius 1 is 0.850 bits per heavy atom. The molecule has 0 aliphatic heterocycles. The van der Waals surface area contributed by atoms with Crippen LogP contribution in [0.2, 0.25) is 0 Å². The molecule has 0 aliphatic rings. The molecule has 1 nitrogen and oxygen atoms in total. The maximum Gasteiger partial charge on any atom is 0.0495 e. The summed E-state index contributed by atoms with van der Waals surface area (Å²) in [6.07, 6.45) is 3.44. The molecule has 0 N–H and O–H groups in total. The fraction of sp³-hybridized carbons (Fsp3) is 0.737. The molecule has 0 aliphatic carbocycles. The zero-order valence-electron chi connectivity index (χ0n) is 15.1. The maximum absolute atomic E-state index is 5.04. The molecule has 0 saturated heterocycles. The Kier molecular flexibility index (Phi) is 5.05. The van der Waals surface area contributed by atoms with Crippen molar-refractivity contribution in [3.63, 3.8) is 0 Å². The number of aryl methyl sites for hydroxylation is 1. The topological polar surface area (TPSA) is 12.9 Å². The summed E-state index contributed by atoms with van der Waals surface area (Å²) >= 11 is 0. The monoisotopic (exact) mass is 275 g/mol. The van der Waals surface area contributed by atoms with Gasteiger partial charge in [0.05, 0.1) is 0 Å². The molecule has 0 atom stereocenters. The highest BCUT2D eigenvalue weighted by molar-refractivity contribution is 5.46. The van der Waals surface area contributed by atoms with Gasteiger partial charge >= 0.3 is 0 Å². The van der Waals surface area contributed by atoms with E-state index >= 15 is 0 Å². The predicted octanol–water partition coefficient (Wildman–Crippen LogP) is 5.50. The summed E-state index contributed by atoms with van der Waals surface area (Å²) in [5.41, 5.74) is 7.35. The lowest BCUT2D eigenvalue weighted by molar-refractivity contribution is 0.536. The first-order chi connectivity index (χ1) is 9.04. The van der Waals surface area contributed by atoms with E-state index in [1.54, 1.807) is 5.56 Å². The van der Waals surface area contributed by atoms with Crippen molar-refractivity contribution in [2.75, 3.05) is 0 Å². The van der Waals surface area contributed by atoms with Crippen molar-refractivity contribution in [1.82, 2.24) is 4.98 Å². The van der Waals surface area contributed by atoms with Crippen LogP contribution in [-0.2, 0) is 23.7 Å². The van der Waals surface area contributed by atoms with Crippen molar-refractivity contribution in [3.05, 3.63) is 28.1 Å². The molecule has 0 radical (unpaired) electrons. The van der Waals surface area contributed by atoms with Gasteiger partial charge in [0.25, 0.3) is 0 Å². The number of pyridine rings is 1. The second kappa shape index (κ2) is 5.87. The van der Waals surface area contributed by atoms with Gasteiger partial charge in [0.1, 0.15) is 0 Å². The molecule has 0 spiro atoms. The zero-order valence-corrected chi connectivity index (χ0v) is 15.1. The molecule has 0 bridgehead atoms. The van der Waals surface area contributed by atoms with Gasteiger partial charge in [-0.3, -0.25) is 4.98 Å². The molecule has 1 aromatic rings. The second-order valence-electron chi connectivity index (χ2n) is 7.98. The summed E-state index contributed by atoms with van der Waals surface area (Å²) in [4.78, 5) is 5.04. The first-order valence-electron chi connectivity index (χ1n) is 8.07. The SMILES string of the molecule is CCCc1c(C(C)(C)C)nc(C)c(C(C)(C)C)c1CC. The standard InChI is InChI=1S/C19H33N/c1-10-12-15-14(11-2)16(18(4,5)6)13(3)20-17(15)19(7,8)9/h10-12H2,1-9H3. The van der Waals surface area contributed by atoms with Crippen LogP contribution in [0.25, 0.3) is 0 Å². The third-order valence-corrected chi connectivity index (χ3v) is 3.91. The average Bonchev–Trinajstić information content (AvgIpc) is 2.27. The molecule has 1 rings (SSSR count). The lowest BCUT2D eigenvalue weighted by Gasteiger charge is -2.31. The fourth-order valence-corrected chi connectivity index (χ4v) is 3.33. The Hall–Kier alpha value is -0.850. The van der Waals surface area contributed by atoms with Crippen molar-refractivity contribution in [2.24, 2.45) is 0 Å². The van der Waals surface area contributed by atoms with Crippen molar-refractivity contribution in [1.29, 1.82) is 0 Å². The Balaban J connectivity index is 3.73. The second-order valence-corrected chi connectivity index (χ2v) is 7.98. The van der Waals surface area contributed by atoms with Gasteiger partial charge in [0, 0.05) is 16.8 Å². The Labute approximate surface area is 126 Å². The van der Waals surface area contributed by atoms with Crippen LogP contribution in [0.3, 0.4) is 0 Å². The van der Waals surface area contributed by atoms with E-state index in [-0.39, 0.29) is 10.8 Å². The molecule has 0 fully saturated rings. The minimum absolute atomic E-state index is 0.121. The van der Waals surface area contributed by atoms with Crippen LogP contribution < -0.4 is 0 Å². The smallest absolute Gasteiger partial charge is 0.0495 e. The van der Waals surface area contributed by atoms with Crippen LogP contribution in [0.4, 0.5) is 0 Å².